The molecule has 12 heteroatoms. The molecule has 7 atom stereocenters. The summed E-state index contributed by atoms with van der Waals surface area (Å²) in [5, 5.41) is 15.4. The second-order valence-electron chi connectivity index (χ2n) is 17.4. The summed E-state index contributed by atoms with van der Waals surface area (Å²) in [7, 11) is 0. The van der Waals surface area contributed by atoms with E-state index in [4.69, 9.17) is 9.05 Å². The molecule has 2 amide bonds. The molecule has 1 aliphatic carbocycles. The Balaban J connectivity index is 0.983. The van der Waals surface area contributed by atoms with Gasteiger partial charge >= 0.3 is 0 Å². The first-order valence-corrected chi connectivity index (χ1v) is 21.0. The van der Waals surface area contributed by atoms with Crippen LogP contribution in [0.2, 0.25) is 0 Å². The average molecular weight is 785 g/mol. The maximum atomic E-state index is 13.8. The zero-order chi connectivity index (χ0) is 40.1. The summed E-state index contributed by atoms with van der Waals surface area (Å²) >= 11 is 0. The fourth-order valence-corrected chi connectivity index (χ4v) is 9.52. The number of piperazine rings is 2. The summed E-state index contributed by atoms with van der Waals surface area (Å²) in [6.07, 6.45) is 8.81. The van der Waals surface area contributed by atoms with Gasteiger partial charge < -0.3 is 19.7 Å². The topological polar surface area (TPSA) is 117 Å². The first-order chi connectivity index (χ1) is 27.5. The third kappa shape index (κ3) is 10.4. The van der Waals surface area contributed by atoms with Crippen molar-refractivity contribution < 1.29 is 27.4 Å². The van der Waals surface area contributed by atoms with Crippen molar-refractivity contribution >= 4 is 11.8 Å². The zero-order valence-corrected chi connectivity index (χ0v) is 33.8. The first kappa shape index (κ1) is 40.8. The van der Waals surface area contributed by atoms with E-state index >= 15 is 0 Å². The van der Waals surface area contributed by atoms with Crippen LogP contribution in [0.25, 0.3) is 22.6 Å². The van der Waals surface area contributed by atoms with Crippen molar-refractivity contribution in [2.24, 2.45) is 23.7 Å². The fourth-order valence-electron chi connectivity index (χ4n) is 9.52. The smallest absolute Gasteiger partial charge is 0.237 e. The van der Waals surface area contributed by atoms with Crippen LogP contribution in [0.5, 0.6) is 0 Å². The number of nitrogens with one attached hydrogen (secondary N) is 2. The van der Waals surface area contributed by atoms with Crippen LogP contribution in [0, 0.1) is 35.3 Å². The minimum absolute atomic E-state index is 0.0415. The molecule has 306 valence electrons. The molecule has 4 aromatic rings. The molecule has 4 heterocycles. The van der Waals surface area contributed by atoms with Gasteiger partial charge in [0.25, 0.3) is 0 Å². The average Bonchev–Trinajstić information content (AvgIpc) is 3.85. The highest BCUT2D eigenvalue weighted by Crippen LogP contribution is 2.38. The Morgan fingerprint density at radius 3 is 1.89 bits per heavy atom. The van der Waals surface area contributed by atoms with E-state index in [0.29, 0.717) is 48.3 Å². The monoisotopic (exact) mass is 784 g/mol. The van der Waals surface area contributed by atoms with Gasteiger partial charge in [-0.05, 0) is 111 Å². The number of carbonyl (C=O) groups excluding carboxylic acids is 2. The largest absolute Gasteiger partial charge is 0.356 e. The Kier molecular flexibility index (Phi) is 13.2. The van der Waals surface area contributed by atoms with E-state index in [1.54, 1.807) is 24.3 Å². The standard InChI is InChI=1S/C45H58F2N6O4/c1-5-7-36-24-52(25-37-22-42(56-50-37)31-10-14-34(46)15-11-31)41(44(54)48-36)20-29(4)19-30-8-6-9-33(21-30)39-27-53(40(18-28(2)3)45(55)49-39)26-38-23-43(57-51-38)32-12-16-35(47)17-13-32/h10-17,22-23,28-30,33,36,39-41H,5-9,18-21,24-27H2,1-4H3,(H,48,54)(H,49,55). The summed E-state index contributed by atoms with van der Waals surface area (Å²) in [6.45, 7) is 11.2. The Labute approximate surface area is 335 Å². The third-order valence-corrected chi connectivity index (χ3v) is 12.2. The van der Waals surface area contributed by atoms with Crippen LogP contribution in [0.3, 0.4) is 0 Å². The van der Waals surface area contributed by atoms with E-state index in [0.717, 1.165) is 93.4 Å². The lowest BCUT2D eigenvalue weighted by Crippen LogP contribution is -2.62. The molecule has 10 nitrogen and oxygen atoms in total. The molecule has 0 radical (unpaired) electrons. The highest BCUT2D eigenvalue weighted by Gasteiger charge is 2.41. The number of benzene rings is 2. The number of aromatic nitrogens is 2. The number of rotatable bonds is 15. The minimum atomic E-state index is -0.304. The summed E-state index contributed by atoms with van der Waals surface area (Å²) in [5.41, 5.74) is 3.03. The van der Waals surface area contributed by atoms with Crippen LogP contribution in [0.4, 0.5) is 8.78 Å². The Morgan fingerprint density at radius 2 is 1.32 bits per heavy atom. The molecule has 2 aromatic carbocycles. The lowest BCUT2D eigenvalue weighted by atomic mass is 9.73. The maximum Gasteiger partial charge on any atom is 0.237 e. The van der Waals surface area contributed by atoms with Gasteiger partial charge in [-0.1, -0.05) is 57.3 Å². The van der Waals surface area contributed by atoms with Crippen LogP contribution >= 0.6 is 0 Å². The molecule has 3 fully saturated rings. The quantitative estimate of drug-likeness (QED) is 0.124. The molecule has 7 unspecified atom stereocenters. The molecule has 7 rings (SSSR count). The number of amides is 2. The molecule has 57 heavy (non-hydrogen) atoms. The van der Waals surface area contributed by atoms with Crippen molar-refractivity contribution in [3.05, 3.63) is 83.7 Å². The Morgan fingerprint density at radius 1 is 0.754 bits per heavy atom. The van der Waals surface area contributed by atoms with E-state index < -0.39 is 0 Å². The number of carbonyl (C=O) groups is 2. The second kappa shape index (κ2) is 18.4. The lowest BCUT2D eigenvalue weighted by molar-refractivity contribution is -0.133. The van der Waals surface area contributed by atoms with Gasteiger partial charge in [-0.15, -0.1) is 0 Å². The summed E-state index contributed by atoms with van der Waals surface area (Å²) in [4.78, 5) is 32.0. The molecular formula is C45H58F2N6O4. The second-order valence-corrected chi connectivity index (χ2v) is 17.4. The van der Waals surface area contributed by atoms with Gasteiger partial charge in [-0.2, -0.15) is 0 Å². The van der Waals surface area contributed by atoms with Crippen LogP contribution in [-0.2, 0) is 22.7 Å². The van der Waals surface area contributed by atoms with Crippen LogP contribution in [0.1, 0.15) is 96.9 Å². The molecule has 2 aliphatic heterocycles. The van der Waals surface area contributed by atoms with Crippen molar-refractivity contribution in [1.82, 2.24) is 30.7 Å². The van der Waals surface area contributed by atoms with E-state index in [1.807, 2.05) is 12.1 Å². The lowest BCUT2D eigenvalue weighted by Gasteiger charge is -2.44. The third-order valence-electron chi connectivity index (χ3n) is 12.2. The van der Waals surface area contributed by atoms with Crippen molar-refractivity contribution in [2.75, 3.05) is 13.1 Å². The molecule has 0 spiro atoms. The van der Waals surface area contributed by atoms with Crippen LogP contribution < -0.4 is 10.6 Å². The zero-order valence-electron chi connectivity index (χ0n) is 33.8. The van der Waals surface area contributed by atoms with Crippen molar-refractivity contribution in [3.8, 4) is 22.6 Å². The highest BCUT2D eigenvalue weighted by atomic mass is 19.1. The molecule has 3 aliphatic rings. The van der Waals surface area contributed by atoms with Crippen LogP contribution in [-0.4, -0.2) is 69.2 Å². The SMILES string of the molecule is CCCC1CN(Cc2cc(-c3ccc(F)cc3)on2)C(CC(C)CC2CCCC(C3CN(Cc4cc(-c5ccc(F)cc5)on4)C(CC(C)C)C(=O)N3)C2)C(=O)N1. The fraction of sp³-hybridized carbons (Fsp3) is 0.556. The molecular weight excluding hydrogens is 727 g/mol. The molecule has 2 N–H and O–H groups in total. The van der Waals surface area contributed by atoms with E-state index in [-0.39, 0.29) is 47.6 Å². The number of hydrogen-bond donors (Lipinski definition) is 2. The van der Waals surface area contributed by atoms with Gasteiger partial charge in [0.1, 0.15) is 11.6 Å². The molecule has 1 saturated carbocycles. The van der Waals surface area contributed by atoms with Gasteiger partial charge in [-0.25, -0.2) is 8.78 Å². The number of nitrogens with zero attached hydrogens (tertiary/aromatic N) is 4. The van der Waals surface area contributed by atoms with Gasteiger partial charge in [-0.3, -0.25) is 19.4 Å². The van der Waals surface area contributed by atoms with Crippen molar-refractivity contribution in [3.63, 3.8) is 0 Å². The van der Waals surface area contributed by atoms with Gasteiger partial charge in [0.15, 0.2) is 11.5 Å². The predicted octanol–water partition coefficient (Wildman–Crippen LogP) is 8.38. The first-order valence-electron chi connectivity index (χ1n) is 21.0. The van der Waals surface area contributed by atoms with Gasteiger partial charge in [0.05, 0.1) is 23.5 Å². The Bertz CT molecular complexity index is 1930. The van der Waals surface area contributed by atoms with Crippen molar-refractivity contribution in [1.29, 1.82) is 0 Å². The van der Waals surface area contributed by atoms with Crippen LogP contribution in [0.15, 0.2) is 69.7 Å². The number of hydrogen-bond acceptors (Lipinski definition) is 8. The van der Waals surface area contributed by atoms with Crippen molar-refractivity contribution in [2.45, 2.75) is 123 Å². The van der Waals surface area contributed by atoms with E-state index in [2.05, 4.69) is 58.4 Å². The summed E-state index contributed by atoms with van der Waals surface area (Å²) < 4.78 is 38.4. The van der Waals surface area contributed by atoms with Gasteiger partial charge in [0.2, 0.25) is 11.8 Å². The molecule has 2 aromatic heterocycles. The van der Waals surface area contributed by atoms with E-state index in [1.165, 1.54) is 24.3 Å². The molecule has 2 saturated heterocycles. The minimum Gasteiger partial charge on any atom is -0.356 e. The molecule has 0 bridgehead atoms. The Hall–Kier alpha value is -4.42. The van der Waals surface area contributed by atoms with Gasteiger partial charge in [0, 0.05) is 61.5 Å². The highest BCUT2D eigenvalue weighted by molar-refractivity contribution is 5.83. The maximum absolute atomic E-state index is 13.8. The summed E-state index contributed by atoms with van der Waals surface area (Å²) in [5.74, 6) is 2.25. The van der Waals surface area contributed by atoms with E-state index in [9.17, 15) is 18.4 Å². The number of halogens is 2. The normalized spacial score (nSPS) is 25.4. The summed E-state index contributed by atoms with van der Waals surface area (Å²) in [6, 6.07) is 15.7. The predicted molar refractivity (Wildman–Crippen MR) is 214 cm³/mol.